The molecule has 45 heavy (non-hydrogen) atoms. The number of likely N-dealkylation sites (N-methyl/N-ethyl adjacent to an activating group) is 1. The summed E-state index contributed by atoms with van der Waals surface area (Å²) in [6, 6.07) is 17.2. The number of fused-ring (bicyclic) bond motifs is 1. The topological polar surface area (TPSA) is 104 Å². The monoisotopic (exact) mass is 615 g/mol. The first-order chi connectivity index (χ1) is 21.5. The molecule has 1 aromatic heterocycles. The number of methoxy groups -OCH3 is 1. The molecule has 1 N–H and O–H groups in total. The van der Waals surface area contributed by atoms with Crippen molar-refractivity contribution < 1.29 is 23.9 Å². The van der Waals surface area contributed by atoms with Crippen LogP contribution < -0.4 is 24.6 Å². The molecule has 0 atom stereocenters. The average molecular weight is 616 g/mol. The van der Waals surface area contributed by atoms with E-state index < -0.39 is 5.41 Å². The minimum Gasteiger partial charge on any atom is -0.497 e. The molecule has 10 heteroatoms. The summed E-state index contributed by atoms with van der Waals surface area (Å²) in [7, 11) is 5.14. The number of hydrogen-bond donors (Lipinski definition) is 1. The number of rotatable bonds is 14. The van der Waals surface area contributed by atoms with Gasteiger partial charge in [-0.15, -0.1) is 0 Å². The molecule has 2 heterocycles. The summed E-state index contributed by atoms with van der Waals surface area (Å²) in [4.78, 5) is 48.3. The lowest BCUT2D eigenvalue weighted by Gasteiger charge is -2.27. The third-order valence-electron chi connectivity index (χ3n) is 8.13. The Balaban J connectivity index is 1.22. The molecule has 0 saturated carbocycles. The van der Waals surface area contributed by atoms with Gasteiger partial charge in [-0.25, -0.2) is 0 Å². The molecule has 0 saturated heterocycles. The number of carbonyl (C=O) groups is 3. The van der Waals surface area contributed by atoms with Crippen molar-refractivity contribution in [2.45, 2.75) is 46.6 Å². The van der Waals surface area contributed by atoms with Gasteiger partial charge in [-0.1, -0.05) is 12.1 Å². The van der Waals surface area contributed by atoms with E-state index in [0.717, 1.165) is 35.4 Å². The van der Waals surface area contributed by atoms with Crippen molar-refractivity contribution in [3.05, 3.63) is 77.6 Å². The number of ether oxygens (including phenoxy) is 2. The first-order valence-electron chi connectivity index (χ1n) is 15.4. The minimum atomic E-state index is -1.14. The molecule has 10 nitrogen and oxygen atoms in total. The highest BCUT2D eigenvalue weighted by molar-refractivity contribution is 6.20. The van der Waals surface area contributed by atoms with Crippen LogP contribution in [-0.2, 0) is 33.8 Å². The van der Waals surface area contributed by atoms with E-state index in [-0.39, 0.29) is 17.7 Å². The van der Waals surface area contributed by atoms with Gasteiger partial charge in [0.15, 0.2) is 0 Å². The molecule has 0 radical (unpaired) electrons. The number of aromatic nitrogens is 1. The summed E-state index contributed by atoms with van der Waals surface area (Å²) >= 11 is 0. The molecule has 1 aliphatic rings. The molecule has 2 aromatic carbocycles. The number of pyridine rings is 1. The van der Waals surface area contributed by atoms with Crippen LogP contribution in [0.25, 0.3) is 0 Å². The van der Waals surface area contributed by atoms with Crippen LogP contribution in [0, 0.1) is 5.41 Å². The van der Waals surface area contributed by atoms with Gasteiger partial charge in [0.1, 0.15) is 16.9 Å². The van der Waals surface area contributed by atoms with E-state index in [4.69, 9.17) is 9.47 Å². The molecule has 0 fully saturated rings. The zero-order valence-electron chi connectivity index (χ0n) is 27.3. The normalized spacial score (nSPS) is 14.2. The van der Waals surface area contributed by atoms with Gasteiger partial charge in [0.2, 0.25) is 17.7 Å². The first kappa shape index (κ1) is 33.5. The standard InChI is InChI=1S/C35H45N5O5/c1-7-40-30-14-13-29(23-31(30)39(5)33(42)35(2,3)34(40)43)45-19-9-11-27-20-26(15-16-37-27)24-36-17-18-38(4)32(41)22-25-10-8-12-28(21-25)44-6/h8,10,12-16,20-21,23,36H,7,9,11,17-19,22,24H2,1-6H3. The molecule has 0 bridgehead atoms. The third kappa shape index (κ3) is 8.19. The van der Waals surface area contributed by atoms with E-state index in [2.05, 4.69) is 16.4 Å². The molecule has 3 amide bonds. The predicted molar refractivity (Wildman–Crippen MR) is 176 cm³/mol. The Morgan fingerprint density at radius 2 is 1.80 bits per heavy atom. The summed E-state index contributed by atoms with van der Waals surface area (Å²) in [5, 5.41) is 3.42. The van der Waals surface area contributed by atoms with Crippen molar-refractivity contribution in [2.24, 2.45) is 5.41 Å². The molecule has 240 valence electrons. The summed E-state index contributed by atoms with van der Waals surface area (Å²) in [6.07, 6.45) is 3.68. The number of amides is 3. The van der Waals surface area contributed by atoms with Crippen molar-refractivity contribution in [3.8, 4) is 11.5 Å². The van der Waals surface area contributed by atoms with E-state index in [0.29, 0.717) is 56.3 Å². The van der Waals surface area contributed by atoms with Crippen molar-refractivity contribution in [2.75, 3.05) is 57.2 Å². The van der Waals surface area contributed by atoms with Crippen LogP contribution >= 0.6 is 0 Å². The third-order valence-corrected chi connectivity index (χ3v) is 8.13. The Morgan fingerprint density at radius 1 is 1.00 bits per heavy atom. The van der Waals surface area contributed by atoms with E-state index in [1.807, 2.05) is 68.7 Å². The molecule has 0 unspecified atom stereocenters. The van der Waals surface area contributed by atoms with Gasteiger partial charge in [-0.2, -0.15) is 0 Å². The molecule has 0 spiro atoms. The zero-order chi connectivity index (χ0) is 32.6. The second-order valence-corrected chi connectivity index (χ2v) is 11.8. The van der Waals surface area contributed by atoms with Gasteiger partial charge >= 0.3 is 0 Å². The SMILES string of the molecule is CCN1C(=O)C(C)(C)C(=O)N(C)c2cc(OCCCc3cc(CNCCN(C)C(=O)Cc4cccc(OC)c4)ccn3)ccc21. The number of anilines is 2. The smallest absolute Gasteiger partial charge is 0.242 e. The molecular weight excluding hydrogens is 570 g/mol. The van der Waals surface area contributed by atoms with Crippen LogP contribution in [0.4, 0.5) is 11.4 Å². The van der Waals surface area contributed by atoms with Crippen molar-refractivity contribution in [1.82, 2.24) is 15.2 Å². The van der Waals surface area contributed by atoms with E-state index >= 15 is 0 Å². The molecule has 0 aliphatic carbocycles. The number of hydrogen-bond acceptors (Lipinski definition) is 7. The lowest BCUT2D eigenvalue weighted by Crippen LogP contribution is -2.47. The maximum absolute atomic E-state index is 13.1. The highest BCUT2D eigenvalue weighted by Gasteiger charge is 2.45. The summed E-state index contributed by atoms with van der Waals surface area (Å²) in [6.45, 7) is 8.17. The number of nitrogens with one attached hydrogen (secondary N) is 1. The van der Waals surface area contributed by atoms with Crippen LogP contribution in [0.5, 0.6) is 11.5 Å². The van der Waals surface area contributed by atoms with Crippen LogP contribution in [-0.4, -0.2) is 75.1 Å². The van der Waals surface area contributed by atoms with Crippen LogP contribution in [0.2, 0.25) is 0 Å². The van der Waals surface area contributed by atoms with Gasteiger partial charge in [0, 0.05) is 58.2 Å². The molecular formula is C35H45N5O5. The molecule has 1 aliphatic heterocycles. The van der Waals surface area contributed by atoms with Gasteiger partial charge in [0.05, 0.1) is 31.5 Å². The highest BCUT2D eigenvalue weighted by Crippen LogP contribution is 2.40. The highest BCUT2D eigenvalue weighted by atomic mass is 16.5. The number of aryl methyl sites for hydroxylation is 1. The Kier molecular flexibility index (Phi) is 11.2. The molecule has 3 aromatic rings. The number of nitrogens with zero attached hydrogens (tertiary/aromatic N) is 4. The van der Waals surface area contributed by atoms with E-state index in [1.54, 1.807) is 42.7 Å². The van der Waals surface area contributed by atoms with E-state index in [1.165, 1.54) is 0 Å². The Morgan fingerprint density at radius 3 is 2.56 bits per heavy atom. The fourth-order valence-electron chi connectivity index (χ4n) is 5.39. The maximum Gasteiger partial charge on any atom is 0.242 e. The summed E-state index contributed by atoms with van der Waals surface area (Å²) in [5.41, 5.74) is 3.26. The predicted octanol–water partition coefficient (Wildman–Crippen LogP) is 4.25. The van der Waals surface area contributed by atoms with Gasteiger partial charge in [-0.3, -0.25) is 19.4 Å². The van der Waals surface area contributed by atoms with E-state index in [9.17, 15) is 14.4 Å². The van der Waals surface area contributed by atoms with Crippen molar-refractivity contribution in [3.63, 3.8) is 0 Å². The van der Waals surface area contributed by atoms with Gasteiger partial charge in [0.25, 0.3) is 0 Å². The zero-order valence-corrected chi connectivity index (χ0v) is 27.3. The fourth-order valence-corrected chi connectivity index (χ4v) is 5.39. The lowest BCUT2D eigenvalue weighted by molar-refractivity contribution is -0.137. The van der Waals surface area contributed by atoms with Gasteiger partial charge in [-0.05, 0) is 81.1 Å². The first-order valence-corrected chi connectivity index (χ1v) is 15.4. The van der Waals surface area contributed by atoms with Crippen molar-refractivity contribution in [1.29, 1.82) is 0 Å². The summed E-state index contributed by atoms with van der Waals surface area (Å²) in [5.74, 6) is 1.01. The second kappa shape index (κ2) is 15.0. The number of carbonyl (C=O) groups excluding carboxylic acids is 3. The van der Waals surface area contributed by atoms with Crippen LogP contribution in [0.15, 0.2) is 60.8 Å². The lowest BCUT2D eigenvalue weighted by atomic mass is 9.90. The van der Waals surface area contributed by atoms with Crippen molar-refractivity contribution >= 4 is 29.1 Å². The minimum absolute atomic E-state index is 0.0619. The van der Waals surface area contributed by atoms with Crippen LogP contribution in [0.3, 0.4) is 0 Å². The maximum atomic E-state index is 13.1. The summed E-state index contributed by atoms with van der Waals surface area (Å²) < 4.78 is 11.3. The number of benzene rings is 2. The molecule has 4 rings (SSSR count). The largest absolute Gasteiger partial charge is 0.497 e. The fraction of sp³-hybridized carbons (Fsp3) is 0.429. The van der Waals surface area contributed by atoms with Gasteiger partial charge < -0.3 is 29.5 Å². The Hall–Kier alpha value is -4.44. The quantitative estimate of drug-likeness (QED) is 0.214. The Labute approximate surface area is 266 Å². The average Bonchev–Trinajstić information content (AvgIpc) is 3.09. The Bertz CT molecular complexity index is 1510. The second-order valence-electron chi connectivity index (χ2n) is 11.8. The van der Waals surface area contributed by atoms with Crippen LogP contribution in [0.1, 0.15) is 44.0 Å².